The molecule has 2 aromatic carbocycles. The Morgan fingerprint density at radius 3 is 2.71 bits per heavy atom. The number of benzene rings is 2. The van der Waals surface area contributed by atoms with Crippen LogP contribution in [-0.2, 0) is 6.54 Å². The zero-order valence-electron chi connectivity index (χ0n) is 11.3. The van der Waals surface area contributed by atoms with Gasteiger partial charge in [0.25, 0.3) is 5.91 Å². The fourth-order valence-electron chi connectivity index (χ4n) is 1.82. The van der Waals surface area contributed by atoms with Crippen LogP contribution in [0.2, 0.25) is 5.02 Å². The Morgan fingerprint density at radius 2 is 2.10 bits per heavy atom. The van der Waals surface area contributed by atoms with Gasteiger partial charge in [-0.3, -0.25) is 4.79 Å². The lowest BCUT2D eigenvalue weighted by atomic mass is 10.1. The van der Waals surface area contributed by atoms with Gasteiger partial charge in [0.15, 0.2) is 0 Å². The van der Waals surface area contributed by atoms with Crippen molar-refractivity contribution in [2.45, 2.75) is 13.5 Å². The van der Waals surface area contributed by atoms with E-state index in [-0.39, 0.29) is 18.0 Å². The maximum Gasteiger partial charge on any atom is 0.251 e. The molecule has 0 heterocycles. The van der Waals surface area contributed by atoms with E-state index in [1.54, 1.807) is 25.1 Å². The van der Waals surface area contributed by atoms with Gasteiger partial charge < -0.3 is 5.32 Å². The van der Waals surface area contributed by atoms with Crippen LogP contribution >= 0.6 is 11.6 Å². The van der Waals surface area contributed by atoms with Crippen LogP contribution in [0.5, 0.6) is 0 Å². The largest absolute Gasteiger partial charge is 0.348 e. The third kappa shape index (κ3) is 3.59. The van der Waals surface area contributed by atoms with Gasteiger partial charge in [0.1, 0.15) is 5.82 Å². The molecule has 0 unspecified atom stereocenters. The Hall–Kier alpha value is -2.38. The van der Waals surface area contributed by atoms with Crippen LogP contribution in [0.25, 0.3) is 0 Å². The Labute approximate surface area is 127 Å². The molecule has 1 amide bonds. The maximum absolute atomic E-state index is 13.7. The molecule has 106 valence electrons. The van der Waals surface area contributed by atoms with Crippen molar-refractivity contribution < 1.29 is 9.18 Å². The summed E-state index contributed by atoms with van der Waals surface area (Å²) in [5.74, 6) is -0.819. The van der Waals surface area contributed by atoms with Crippen LogP contribution in [0.3, 0.4) is 0 Å². The second-order valence-electron chi connectivity index (χ2n) is 4.56. The normalized spacial score (nSPS) is 10.0. The predicted molar refractivity (Wildman–Crippen MR) is 78.5 cm³/mol. The molecule has 0 fully saturated rings. The van der Waals surface area contributed by atoms with Crippen LogP contribution in [-0.4, -0.2) is 5.91 Å². The molecule has 0 bridgehead atoms. The number of carbonyl (C=O) groups excluding carboxylic acids is 1. The van der Waals surface area contributed by atoms with Crippen LogP contribution in [0.1, 0.15) is 27.0 Å². The molecule has 0 spiro atoms. The van der Waals surface area contributed by atoms with Crippen molar-refractivity contribution >= 4 is 17.5 Å². The van der Waals surface area contributed by atoms with E-state index in [2.05, 4.69) is 5.32 Å². The van der Waals surface area contributed by atoms with E-state index in [1.807, 2.05) is 6.07 Å². The smallest absolute Gasteiger partial charge is 0.251 e. The molecule has 0 aliphatic rings. The van der Waals surface area contributed by atoms with Crippen LogP contribution < -0.4 is 5.32 Å². The van der Waals surface area contributed by atoms with E-state index in [1.165, 1.54) is 12.1 Å². The van der Waals surface area contributed by atoms with Gasteiger partial charge in [0.05, 0.1) is 11.6 Å². The lowest BCUT2D eigenvalue weighted by molar-refractivity contribution is 0.0950. The van der Waals surface area contributed by atoms with Gasteiger partial charge in [0.2, 0.25) is 0 Å². The number of nitriles is 1. The van der Waals surface area contributed by atoms with E-state index in [9.17, 15) is 9.18 Å². The van der Waals surface area contributed by atoms with Gasteiger partial charge in [0, 0.05) is 22.7 Å². The van der Waals surface area contributed by atoms with Gasteiger partial charge in [-0.1, -0.05) is 17.7 Å². The number of halogens is 2. The minimum atomic E-state index is -0.512. The van der Waals surface area contributed by atoms with Crippen molar-refractivity contribution in [1.82, 2.24) is 5.32 Å². The number of nitrogens with one attached hydrogen (secondary N) is 1. The van der Waals surface area contributed by atoms with E-state index in [0.717, 1.165) is 11.6 Å². The van der Waals surface area contributed by atoms with Crippen molar-refractivity contribution in [1.29, 1.82) is 5.26 Å². The summed E-state index contributed by atoms with van der Waals surface area (Å²) in [6.07, 6.45) is 0. The third-order valence-corrected chi connectivity index (χ3v) is 3.47. The Balaban J connectivity index is 2.07. The second-order valence-corrected chi connectivity index (χ2v) is 4.97. The molecule has 0 saturated carbocycles. The second kappa shape index (κ2) is 6.38. The van der Waals surface area contributed by atoms with E-state index >= 15 is 0 Å². The molecule has 0 aromatic heterocycles. The maximum atomic E-state index is 13.7. The first-order chi connectivity index (χ1) is 10.0. The van der Waals surface area contributed by atoms with Gasteiger partial charge in [-0.25, -0.2) is 4.39 Å². The zero-order chi connectivity index (χ0) is 15.4. The molecule has 0 aliphatic heterocycles. The molecular weight excluding hydrogens is 291 g/mol. The summed E-state index contributed by atoms with van der Waals surface area (Å²) in [4.78, 5) is 12.0. The van der Waals surface area contributed by atoms with E-state index in [0.29, 0.717) is 16.1 Å². The molecule has 2 aromatic rings. The first-order valence-electron chi connectivity index (χ1n) is 6.24. The summed E-state index contributed by atoms with van der Waals surface area (Å²) in [5.41, 5.74) is 1.84. The number of carbonyl (C=O) groups is 1. The minimum Gasteiger partial charge on any atom is -0.348 e. The Bertz CT molecular complexity index is 738. The van der Waals surface area contributed by atoms with Gasteiger partial charge in [-0.05, 0) is 42.8 Å². The summed E-state index contributed by atoms with van der Waals surface area (Å²) >= 11 is 5.90. The van der Waals surface area contributed by atoms with Crippen LogP contribution in [0.15, 0.2) is 36.4 Å². The van der Waals surface area contributed by atoms with Crippen molar-refractivity contribution in [3.63, 3.8) is 0 Å². The topological polar surface area (TPSA) is 52.9 Å². The Kier molecular flexibility index (Phi) is 4.56. The quantitative estimate of drug-likeness (QED) is 0.942. The molecule has 3 nitrogen and oxygen atoms in total. The predicted octanol–water partition coefficient (Wildman–Crippen LogP) is 3.59. The number of hydrogen-bond donors (Lipinski definition) is 1. The molecule has 1 N–H and O–H groups in total. The SMILES string of the molecule is Cc1cc(C(=O)NCc2ccc(C#N)cc2F)ccc1Cl. The number of aryl methyl sites for hydroxylation is 1. The fraction of sp³-hybridized carbons (Fsp3) is 0.125. The monoisotopic (exact) mass is 302 g/mol. The van der Waals surface area contributed by atoms with Crippen molar-refractivity contribution in [3.8, 4) is 6.07 Å². The zero-order valence-corrected chi connectivity index (χ0v) is 12.0. The molecule has 0 saturated heterocycles. The van der Waals surface area contributed by atoms with Crippen LogP contribution in [0, 0.1) is 24.1 Å². The summed E-state index contributed by atoms with van der Waals surface area (Å²) in [6.45, 7) is 1.86. The number of nitrogens with zero attached hydrogens (tertiary/aromatic N) is 1. The highest BCUT2D eigenvalue weighted by atomic mass is 35.5. The van der Waals surface area contributed by atoms with Gasteiger partial charge in [-0.15, -0.1) is 0 Å². The lowest BCUT2D eigenvalue weighted by Crippen LogP contribution is -2.23. The summed E-state index contributed by atoms with van der Waals surface area (Å²) < 4.78 is 13.7. The lowest BCUT2D eigenvalue weighted by Gasteiger charge is -2.08. The fourth-order valence-corrected chi connectivity index (χ4v) is 1.94. The average molecular weight is 303 g/mol. The van der Waals surface area contributed by atoms with Crippen molar-refractivity contribution in [2.24, 2.45) is 0 Å². The molecule has 5 heteroatoms. The van der Waals surface area contributed by atoms with Crippen LogP contribution in [0.4, 0.5) is 4.39 Å². The van der Waals surface area contributed by atoms with Crippen molar-refractivity contribution in [2.75, 3.05) is 0 Å². The highest BCUT2D eigenvalue weighted by Crippen LogP contribution is 2.16. The number of rotatable bonds is 3. The van der Waals surface area contributed by atoms with E-state index in [4.69, 9.17) is 16.9 Å². The molecule has 21 heavy (non-hydrogen) atoms. The molecule has 0 radical (unpaired) electrons. The molecule has 2 rings (SSSR count). The molecule has 0 aliphatic carbocycles. The number of hydrogen-bond acceptors (Lipinski definition) is 2. The van der Waals surface area contributed by atoms with E-state index < -0.39 is 5.82 Å². The van der Waals surface area contributed by atoms with Gasteiger partial charge >= 0.3 is 0 Å². The van der Waals surface area contributed by atoms with Gasteiger partial charge in [-0.2, -0.15) is 5.26 Å². The third-order valence-electron chi connectivity index (χ3n) is 3.04. The first kappa shape index (κ1) is 15.0. The van der Waals surface area contributed by atoms with Crippen molar-refractivity contribution in [3.05, 3.63) is 69.5 Å². The molecule has 0 atom stereocenters. The first-order valence-corrected chi connectivity index (χ1v) is 6.62. The summed E-state index contributed by atoms with van der Waals surface area (Å²) in [6, 6.07) is 10.9. The summed E-state index contributed by atoms with van der Waals surface area (Å²) in [5, 5.41) is 11.9. The Morgan fingerprint density at radius 1 is 1.33 bits per heavy atom. The molecular formula is C16H12ClFN2O. The number of amides is 1. The highest BCUT2D eigenvalue weighted by Gasteiger charge is 2.09. The standard InChI is InChI=1S/C16H12ClFN2O/c1-10-6-12(4-5-14(10)17)16(21)20-9-13-3-2-11(8-19)7-15(13)18/h2-7H,9H2,1H3,(H,20,21). The summed E-state index contributed by atoms with van der Waals surface area (Å²) in [7, 11) is 0. The average Bonchev–Trinajstić information content (AvgIpc) is 2.48. The minimum absolute atomic E-state index is 0.0536. The highest BCUT2D eigenvalue weighted by molar-refractivity contribution is 6.31.